The fourth-order valence-electron chi connectivity index (χ4n) is 9.08. The molecule has 0 unspecified atom stereocenters. The fraction of sp³-hybridized carbons (Fsp3) is 0. The quantitative estimate of drug-likeness (QED) is 0.183. The molecular weight excluding hydrogens is 782 g/mol. The summed E-state index contributed by atoms with van der Waals surface area (Å²) in [6.07, 6.45) is 0. The molecule has 278 valence electrons. The summed E-state index contributed by atoms with van der Waals surface area (Å²) in [6.45, 7) is 0. The van der Waals surface area contributed by atoms with E-state index >= 15 is 0 Å². The van der Waals surface area contributed by atoms with Crippen molar-refractivity contribution in [1.29, 1.82) is 0 Å². The van der Waals surface area contributed by atoms with Gasteiger partial charge in [-0.25, -0.2) is 15.0 Å². The topological polar surface area (TPSA) is 56.7 Å². The van der Waals surface area contributed by atoms with Gasteiger partial charge in [-0.05, 0) is 34.8 Å². The third-order valence-electron chi connectivity index (χ3n) is 12.1. The Bertz CT molecular complexity index is 3870. The Labute approximate surface area is 373 Å². The Balaban J connectivity index is 1.12. The standard InChI is InChI=1S/C51H24B6N4OS/c52-39-37-36-38(51-59-49(27-13-5-2-6-14-27)58-50(60-51)28-21-19-26(20-22-28)25-11-3-1-4-12-25)40(53)41(54)43(56)46(36)62-47(37)44(57)45(42(39)55)61-32-17-9-7-16-31(32)35-33(61)24-23-30-29-15-8-10-18-34(29)63-48(30)35/h1-24H. The molecule has 0 aliphatic carbocycles. The maximum absolute atomic E-state index is 7.28. The number of fused-ring (bicyclic) bond motifs is 10. The first-order valence-electron chi connectivity index (χ1n) is 20.3. The molecule has 0 saturated heterocycles. The minimum absolute atomic E-state index is 0.104. The molecule has 12 aromatic rings. The van der Waals surface area contributed by atoms with Crippen LogP contribution in [0.5, 0.6) is 0 Å². The van der Waals surface area contributed by atoms with Crippen molar-refractivity contribution in [2.75, 3.05) is 0 Å². The first-order valence-corrected chi connectivity index (χ1v) is 21.1. The number of thiophene rings is 1. The van der Waals surface area contributed by atoms with Gasteiger partial charge in [-0.1, -0.05) is 149 Å². The van der Waals surface area contributed by atoms with Crippen LogP contribution < -0.4 is 32.8 Å². The number of hydrogen-bond acceptors (Lipinski definition) is 5. The number of rotatable bonds is 5. The highest BCUT2D eigenvalue weighted by Crippen LogP contribution is 2.43. The van der Waals surface area contributed by atoms with E-state index < -0.39 is 0 Å². The van der Waals surface area contributed by atoms with E-state index in [0.717, 1.165) is 44.1 Å². The highest BCUT2D eigenvalue weighted by molar-refractivity contribution is 7.26. The molecule has 0 fully saturated rings. The van der Waals surface area contributed by atoms with Gasteiger partial charge in [0.25, 0.3) is 0 Å². The number of nitrogens with zero attached hydrogens (tertiary/aromatic N) is 4. The minimum Gasteiger partial charge on any atom is -0.457 e. The fourth-order valence-corrected chi connectivity index (χ4v) is 10.3. The van der Waals surface area contributed by atoms with E-state index in [0.29, 0.717) is 33.7 Å². The van der Waals surface area contributed by atoms with Gasteiger partial charge in [0, 0.05) is 64.1 Å². The van der Waals surface area contributed by atoms with Crippen molar-refractivity contribution in [3.63, 3.8) is 0 Å². The van der Waals surface area contributed by atoms with Crippen molar-refractivity contribution in [2.24, 2.45) is 0 Å². The molecule has 12 heteroatoms. The maximum atomic E-state index is 7.28. The van der Waals surface area contributed by atoms with E-state index in [4.69, 9.17) is 66.4 Å². The molecular formula is C51H24B6N4OS. The number of benzene rings is 8. The maximum Gasteiger partial charge on any atom is 0.164 e. The summed E-state index contributed by atoms with van der Waals surface area (Å²) in [4.78, 5) is 15.1. The Hall–Kier alpha value is -7.02. The van der Waals surface area contributed by atoms with Crippen LogP contribution in [0.1, 0.15) is 0 Å². The van der Waals surface area contributed by atoms with Gasteiger partial charge in [-0.15, -0.1) is 16.8 Å². The number of furan rings is 1. The smallest absolute Gasteiger partial charge is 0.164 e. The third-order valence-corrected chi connectivity index (χ3v) is 13.3. The van der Waals surface area contributed by atoms with Crippen LogP contribution in [0.3, 0.4) is 0 Å². The highest BCUT2D eigenvalue weighted by atomic mass is 32.1. The zero-order valence-corrected chi connectivity index (χ0v) is 34.2. The van der Waals surface area contributed by atoms with Gasteiger partial charge >= 0.3 is 0 Å². The lowest BCUT2D eigenvalue weighted by atomic mass is 9.67. The zero-order valence-electron chi connectivity index (χ0n) is 33.4. The van der Waals surface area contributed by atoms with E-state index in [1.165, 1.54) is 20.2 Å². The van der Waals surface area contributed by atoms with E-state index in [9.17, 15) is 0 Å². The van der Waals surface area contributed by atoms with Crippen LogP contribution in [0.25, 0.3) is 115 Å². The van der Waals surface area contributed by atoms with Crippen molar-refractivity contribution >= 4 is 155 Å². The molecule has 5 nitrogen and oxygen atoms in total. The van der Waals surface area contributed by atoms with Crippen molar-refractivity contribution in [3.05, 3.63) is 146 Å². The molecule has 0 atom stereocenters. The van der Waals surface area contributed by atoms with E-state index in [-0.39, 0.29) is 49.8 Å². The average molecular weight is 806 g/mol. The highest BCUT2D eigenvalue weighted by Gasteiger charge is 2.27. The minimum atomic E-state index is 0.104. The molecule has 12 radical (unpaired) electrons. The monoisotopic (exact) mass is 806 g/mol. The molecule has 4 aromatic heterocycles. The molecule has 0 saturated carbocycles. The SMILES string of the molecule is [B]c1c([B])c(-c2nc(-c3ccccc3)nc(-c3ccc(-c4ccccc4)cc3)n2)c2c(oc3c([B])c(-n4c5ccccc5c5c6sc7ccccc7c6ccc54)c([B])c([B])c32)c1[B]. The Kier molecular flexibility index (Phi) is 8.54. The molecule has 0 spiro atoms. The molecule has 0 N–H and O–H groups in total. The molecule has 8 aromatic carbocycles. The molecule has 63 heavy (non-hydrogen) atoms. The number of para-hydroxylation sites is 1. The largest absolute Gasteiger partial charge is 0.457 e. The van der Waals surface area contributed by atoms with Gasteiger partial charge in [-0.2, -0.15) is 0 Å². The molecule has 0 aliphatic rings. The molecule has 0 amide bonds. The average Bonchev–Trinajstić information content (AvgIpc) is 4.02. The lowest BCUT2D eigenvalue weighted by Gasteiger charge is -2.19. The Morgan fingerprint density at radius 3 is 1.70 bits per heavy atom. The van der Waals surface area contributed by atoms with Gasteiger partial charge in [0.2, 0.25) is 0 Å². The summed E-state index contributed by atoms with van der Waals surface area (Å²) in [5, 5.41) is 5.37. The van der Waals surface area contributed by atoms with Crippen molar-refractivity contribution in [2.45, 2.75) is 0 Å². The summed E-state index contributed by atoms with van der Waals surface area (Å²) in [7, 11) is 42.1. The summed E-state index contributed by atoms with van der Waals surface area (Å²) < 4.78 is 11.1. The second-order valence-electron chi connectivity index (χ2n) is 15.6. The van der Waals surface area contributed by atoms with E-state index in [2.05, 4.69) is 65.2 Å². The van der Waals surface area contributed by atoms with Gasteiger partial charge in [0.1, 0.15) is 58.2 Å². The first-order chi connectivity index (χ1) is 30.8. The summed E-state index contributed by atoms with van der Waals surface area (Å²) in [6, 6.07) is 48.8. The van der Waals surface area contributed by atoms with Crippen LogP contribution in [0, 0.1) is 0 Å². The van der Waals surface area contributed by atoms with Crippen molar-refractivity contribution in [1.82, 2.24) is 19.5 Å². The van der Waals surface area contributed by atoms with Gasteiger partial charge in [0.15, 0.2) is 17.5 Å². The van der Waals surface area contributed by atoms with Crippen LogP contribution in [-0.2, 0) is 0 Å². The second-order valence-corrected chi connectivity index (χ2v) is 16.7. The number of hydrogen-bond donors (Lipinski definition) is 0. The Morgan fingerprint density at radius 1 is 0.397 bits per heavy atom. The zero-order chi connectivity index (χ0) is 42.7. The summed E-state index contributed by atoms with van der Waals surface area (Å²) in [5.74, 6) is 1.08. The van der Waals surface area contributed by atoms with E-state index in [1.54, 1.807) is 11.3 Å². The molecule has 4 heterocycles. The van der Waals surface area contributed by atoms with Crippen LogP contribution in [0.15, 0.2) is 150 Å². The van der Waals surface area contributed by atoms with Crippen LogP contribution >= 0.6 is 11.3 Å². The van der Waals surface area contributed by atoms with Crippen molar-refractivity contribution in [3.8, 4) is 51.0 Å². The normalized spacial score (nSPS) is 11.9. The predicted molar refractivity (Wildman–Crippen MR) is 268 cm³/mol. The van der Waals surface area contributed by atoms with Gasteiger partial charge in [0.05, 0.1) is 11.0 Å². The van der Waals surface area contributed by atoms with Crippen molar-refractivity contribution < 1.29 is 4.42 Å². The summed E-state index contributed by atoms with van der Waals surface area (Å²) in [5.41, 5.74) is 7.96. The Morgan fingerprint density at radius 2 is 0.968 bits per heavy atom. The third kappa shape index (κ3) is 5.60. The lowest BCUT2D eigenvalue weighted by Crippen LogP contribution is -2.41. The predicted octanol–water partition coefficient (Wildman–Crippen LogP) is 6.67. The number of aromatic nitrogens is 4. The van der Waals surface area contributed by atoms with Gasteiger partial charge in [-0.3, -0.25) is 0 Å². The van der Waals surface area contributed by atoms with E-state index in [1.807, 2.05) is 84.9 Å². The summed E-state index contributed by atoms with van der Waals surface area (Å²) >= 11 is 1.76. The van der Waals surface area contributed by atoms with Crippen LogP contribution in [0.4, 0.5) is 0 Å². The van der Waals surface area contributed by atoms with Crippen LogP contribution in [-0.4, -0.2) is 66.6 Å². The second kappa shape index (κ2) is 14.3. The molecule has 0 bridgehead atoms. The van der Waals surface area contributed by atoms with Crippen LogP contribution in [0.2, 0.25) is 0 Å². The first kappa shape index (κ1) is 37.7. The lowest BCUT2D eigenvalue weighted by molar-refractivity contribution is 0.674. The molecule has 12 rings (SSSR count). The van der Waals surface area contributed by atoms with Gasteiger partial charge < -0.3 is 8.98 Å². The molecule has 0 aliphatic heterocycles.